The number of fused-ring (bicyclic) bond motifs is 1. The summed E-state index contributed by atoms with van der Waals surface area (Å²) in [5.74, 6) is 0.601. The molecule has 9 nitrogen and oxygen atoms in total. The molecule has 166 valence electrons. The third kappa shape index (κ3) is 4.81. The molecule has 0 atom stereocenters. The third-order valence-electron chi connectivity index (χ3n) is 5.62. The Kier molecular flexibility index (Phi) is 5.60. The molecule has 0 unspecified atom stereocenters. The lowest BCUT2D eigenvalue weighted by atomic mass is 9.90. The summed E-state index contributed by atoms with van der Waals surface area (Å²) < 4.78 is 10.9. The predicted molar refractivity (Wildman–Crippen MR) is 114 cm³/mol. The topological polar surface area (TPSA) is 105 Å². The van der Waals surface area contributed by atoms with Crippen LogP contribution in [0.5, 0.6) is 0 Å². The van der Waals surface area contributed by atoms with Crippen LogP contribution >= 0.6 is 0 Å². The maximum Gasteiger partial charge on any atom is 0.410 e. The Morgan fingerprint density at radius 3 is 2.65 bits per heavy atom. The number of amides is 4. The van der Waals surface area contributed by atoms with Crippen LogP contribution in [0.15, 0.2) is 22.7 Å². The van der Waals surface area contributed by atoms with E-state index in [4.69, 9.17) is 9.26 Å². The lowest BCUT2D eigenvalue weighted by Crippen LogP contribution is -2.49. The Morgan fingerprint density at radius 1 is 1.23 bits per heavy atom. The van der Waals surface area contributed by atoms with E-state index in [9.17, 15) is 14.4 Å². The Balaban J connectivity index is 1.41. The van der Waals surface area contributed by atoms with Gasteiger partial charge in [-0.25, -0.2) is 9.59 Å². The molecule has 2 aromatic rings. The van der Waals surface area contributed by atoms with E-state index in [0.717, 1.165) is 30.2 Å². The molecule has 4 rings (SSSR count). The van der Waals surface area contributed by atoms with Crippen molar-refractivity contribution in [2.75, 3.05) is 24.5 Å². The molecule has 2 saturated heterocycles. The van der Waals surface area contributed by atoms with Gasteiger partial charge in [-0.2, -0.15) is 0 Å². The fraction of sp³-hybridized carbons (Fsp3) is 0.545. The Bertz CT molecular complexity index is 1000. The van der Waals surface area contributed by atoms with Gasteiger partial charge in [0.15, 0.2) is 11.4 Å². The quantitative estimate of drug-likeness (QED) is 0.803. The van der Waals surface area contributed by atoms with E-state index < -0.39 is 11.6 Å². The van der Waals surface area contributed by atoms with Gasteiger partial charge in [-0.3, -0.25) is 15.0 Å². The molecule has 31 heavy (non-hydrogen) atoms. The van der Waals surface area contributed by atoms with Crippen LogP contribution in [0.3, 0.4) is 0 Å². The number of rotatable bonds is 3. The fourth-order valence-electron chi connectivity index (χ4n) is 4.04. The van der Waals surface area contributed by atoms with Gasteiger partial charge in [-0.15, -0.1) is 0 Å². The highest BCUT2D eigenvalue weighted by atomic mass is 16.6. The van der Waals surface area contributed by atoms with Gasteiger partial charge in [0.25, 0.3) is 0 Å². The van der Waals surface area contributed by atoms with Crippen LogP contribution < -0.4 is 10.2 Å². The smallest absolute Gasteiger partial charge is 0.410 e. The van der Waals surface area contributed by atoms with E-state index in [1.807, 2.05) is 39.0 Å². The summed E-state index contributed by atoms with van der Waals surface area (Å²) in [6.45, 7) is 7.26. The number of imide groups is 1. The van der Waals surface area contributed by atoms with Crippen molar-refractivity contribution in [3.8, 4) is 0 Å². The van der Waals surface area contributed by atoms with Crippen LogP contribution in [-0.2, 0) is 16.0 Å². The summed E-state index contributed by atoms with van der Waals surface area (Å²) >= 11 is 0. The average Bonchev–Trinajstić information content (AvgIpc) is 3.10. The van der Waals surface area contributed by atoms with E-state index >= 15 is 0 Å². The van der Waals surface area contributed by atoms with Crippen molar-refractivity contribution in [3.05, 3.63) is 23.8 Å². The van der Waals surface area contributed by atoms with Crippen LogP contribution in [0.1, 0.15) is 45.6 Å². The summed E-state index contributed by atoms with van der Waals surface area (Å²) in [5, 5.41) is 7.13. The number of anilines is 1. The lowest BCUT2D eigenvalue weighted by Gasteiger charge is -2.33. The molecule has 1 aromatic heterocycles. The van der Waals surface area contributed by atoms with Crippen molar-refractivity contribution in [1.82, 2.24) is 15.4 Å². The number of hydrogen-bond donors (Lipinski definition) is 1. The summed E-state index contributed by atoms with van der Waals surface area (Å²) in [7, 11) is 0. The van der Waals surface area contributed by atoms with Gasteiger partial charge >= 0.3 is 12.1 Å². The van der Waals surface area contributed by atoms with Crippen LogP contribution in [0.4, 0.5) is 15.4 Å². The molecule has 0 spiro atoms. The van der Waals surface area contributed by atoms with Crippen molar-refractivity contribution in [1.29, 1.82) is 0 Å². The number of urea groups is 1. The SMILES string of the molecule is CC(C)(C)OC(=O)N1CCC(Cc2ccc3onc(N4CCC(=O)NC4=O)c3c2)CC1. The molecule has 2 aliphatic rings. The van der Waals surface area contributed by atoms with Gasteiger partial charge in [-0.1, -0.05) is 11.2 Å². The van der Waals surface area contributed by atoms with Crippen molar-refractivity contribution in [3.63, 3.8) is 0 Å². The molecule has 2 aliphatic heterocycles. The second-order valence-corrected chi connectivity index (χ2v) is 9.21. The van der Waals surface area contributed by atoms with Crippen LogP contribution in [0.25, 0.3) is 11.0 Å². The number of nitrogens with zero attached hydrogens (tertiary/aromatic N) is 3. The molecule has 0 aliphatic carbocycles. The normalized spacial score (nSPS) is 18.4. The number of hydrogen-bond acceptors (Lipinski definition) is 6. The van der Waals surface area contributed by atoms with Gasteiger partial charge in [0.05, 0.1) is 5.39 Å². The molecule has 0 radical (unpaired) electrons. The minimum Gasteiger partial charge on any atom is -0.444 e. The molecule has 1 aromatic carbocycles. The van der Waals surface area contributed by atoms with E-state index in [2.05, 4.69) is 10.5 Å². The van der Waals surface area contributed by atoms with Gasteiger partial charge in [0.1, 0.15) is 5.60 Å². The highest BCUT2D eigenvalue weighted by Crippen LogP contribution is 2.30. The molecule has 4 amide bonds. The van der Waals surface area contributed by atoms with Crippen LogP contribution in [0, 0.1) is 5.92 Å². The van der Waals surface area contributed by atoms with Gasteiger partial charge < -0.3 is 14.2 Å². The zero-order chi connectivity index (χ0) is 22.2. The van der Waals surface area contributed by atoms with E-state index in [1.165, 1.54) is 4.90 Å². The van der Waals surface area contributed by atoms with Crippen LogP contribution in [0.2, 0.25) is 0 Å². The zero-order valence-electron chi connectivity index (χ0n) is 18.1. The number of carbonyl (C=O) groups excluding carboxylic acids is 3. The van der Waals surface area contributed by atoms with Crippen molar-refractivity contribution in [2.45, 2.75) is 52.1 Å². The highest BCUT2D eigenvalue weighted by molar-refractivity contribution is 6.08. The van der Waals surface area contributed by atoms with Gasteiger partial charge in [-0.05, 0) is 63.6 Å². The predicted octanol–water partition coefficient (Wildman–Crippen LogP) is 3.46. The molecule has 9 heteroatoms. The second kappa shape index (κ2) is 8.20. The maximum absolute atomic E-state index is 12.3. The van der Waals surface area contributed by atoms with E-state index in [1.54, 1.807) is 4.90 Å². The summed E-state index contributed by atoms with van der Waals surface area (Å²) in [6, 6.07) is 5.40. The lowest BCUT2D eigenvalue weighted by molar-refractivity contribution is -0.120. The van der Waals surface area contributed by atoms with Crippen molar-refractivity contribution < 1.29 is 23.6 Å². The Hall–Kier alpha value is -3.10. The number of nitrogens with one attached hydrogen (secondary N) is 1. The van der Waals surface area contributed by atoms with E-state index in [0.29, 0.717) is 30.4 Å². The largest absolute Gasteiger partial charge is 0.444 e. The van der Waals surface area contributed by atoms with Crippen LogP contribution in [-0.4, -0.2) is 53.3 Å². The average molecular weight is 428 g/mol. The zero-order valence-corrected chi connectivity index (χ0v) is 18.1. The minimum absolute atomic E-state index is 0.232. The van der Waals surface area contributed by atoms with Gasteiger partial charge in [0.2, 0.25) is 5.91 Å². The first-order valence-electron chi connectivity index (χ1n) is 10.7. The molecular weight excluding hydrogens is 400 g/mol. The molecule has 0 saturated carbocycles. The molecule has 3 heterocycles. The molecule has 1 N–H and O–H groups in total. The number of piperidine rings is 1. The maximum atomic E-state index is 12.3. The van der Waals surface area contributed by atoms with Crippen molar-refractivity contribution >= 4 is 34.8 Å². The minimum atomic E-state index is -0.488. The summed E-state index contributed by atoms with van der Waals surface area (Å²) in [4.78, 5) is 39.1. The van der Waals surface area contributed by atoms with Crippen molar-refractivity contribution in [2.24, 2.45) is 5.92 Å². The Morgan fingerprint density at radius 2 is 1.97 bits per heavy atom. The Labute approximate surface area is 180 Å². The first-order chi connectivity index (χ1) is 14.7. The second-order valence-electron chi connectivity index (χ2n) is 9.21. The summed E-state index contributed by atoms with van der Waals surface area (Å²) in [6.07, 6.45) is 2.66. The number of benzene rings is 1. The summed E-state index contributed by atoms with van der Waals surface area (Å²) in [5.41, 5.74) is 1.24. The first kappa shape index (κ1) is 21.1. The highest BCUT2D eigenvalue weighted by Gasteiger charge is 2.29. The number of ether oxygens (including phenoxy) is 1. The monoisotopic (exact) mass is 428 g/mol. The van der Waals surface area contributed by atoms with Gasteiger partial charge in [0, 0.05) is 26.1 Å². The number of likely N-dealkylation sites (tertiary alicyclic amines) is 1. The number of carbonyl (C=O) groups is 3. The fourth-order valence-corrected chi connectivity index (χ4v) is 4.04. The molecular formula is C22H28N4O5. The number of aromatic nitrogens is 1. The van der Waals surface area contributed by atoms with E-state index in [-0.39, 0.29) is 25.0 Å². The molecule has 0 bridgehead atoms. The molecule has 2 fully saturated rings. The standard InChI is InChI=1S/C22H28N4O5/c1-22(2,3)30-21(29)25-9-6-14(7-10-25)12-15-4-5-17-16(13-15)19(24-31-17)26-11-8-18(27)23-20(26)28/h4-5,13-14H,6-12H2,1-3H3,(H,23,27,28). The first-order valence-corrected chi connectivity index (χ1v) is 10.7. The third-order valence-corrected chi connectivity index (χ3v) is 5.62.